The first-order chi connectivity index (χ1) is 13.6. The van der Waals surface area contributed by atoms with Crippen molar-refractivity contribution in [3.8, 4) is 0 Å². The highest BCUT2D eigenvalue weighted by atomic mass is 35.5. The van der Waals surface area contributed by atoms with Gasteiger partial charge in [0.05, 0.1) is 0 Å². The van der Waals surface area contributed by atoms with Gasteiger partial charge < -0.3 is 15.5 Å². The molecule has 0 unspecified atom stereocenters. The zero-order chi connectivity index (χ0) is 19.9. The summed E-state index contributed by atoms with van der Waals surface area (Å²) in [6.45, 7) is 6.69. The fourth-order valence-corrected chi connectivity index (χ4v) is 3.65. The molecule has 5 nitrogen and oxygen atoms in total. The number of anilines is 1. The molecule has 2 amide bonds. The molecule has 6 heteroatoms. The maximum absolute atomic E-state index is 13.2. The number of hydrogen-bond acceptors (Lipinski definition) is 3. The van der Waals surface area contributed by atoms with Gasteiger partial charge in [0.15, 0.2) is 0 Å². The Hall–Kier alpha value is -2.37. The summed E-state index contributed by atoms with van der Waals surface area (Å²) in [6, 6.07) is 15.0. The van der Waals surface area contributed by atoms with E-state index in [9.17, 15) is 9.59 Å². The minimum absolute atomic E-state index is 0. The van der Waals surface area contributed by atoms with E-state index in [1.54, 1.807) is 12.1 Å². The van der Waals surface area contributed by atoms with E-state index in [1.807, 2.05) is 48.2 Å². The molecule has 0 radical (unpaired) electrons. The third kappa shape index (κ3) is 5.81. The molecule has 1 fully saturated rings. The molecule has 1 aliphatic rings. The Kier molecular flexibility index (Phi) is 8.68. The van der Waals surface area contributed by atoms with Crippen LogP contribution in [0.5, 0.6) is 0 Å². The van der Waals surface area contributed by atoms with Crippen molar-refractivity contribution in [1.82, 2.24) is 10.2 Å². The quantitative estimate of drug-likeness (QED) is 0.740. The maximum Gasteiger partial charge on any atom is 0.255 e. The van der Waals surface area contributed by atoms with Crippen molar-refractivity contribution in [2.45, 2.75) is 39.2 Å². The minimum atomic E-state index is -0.169. The molecule has 29 heavy (non-hydrogen) atoms. The highest BCUT2D eigenvalue weighted by Crippen LogP contribution is 2.22. The molecule has 2 aromatic rings. The Morgan fingerprint density at radius 3 is 2.41 bits per heavy atom. The Balaban J connectivity index is 0.00000300. The van der Waals surface area contributed by atoms with Crippen LogP contribution in [0.2, 0.25) is 0 Å². The average Bonchev–Trinajstić information content (AvgIpc) is 2.74. The van der Waals surface area contributed by atoms with E-state index in [2.05, 4.69) is 17.6 Å². The van der Waals surface area contributed by atoms with E-state index in [-0.39, 0.29) is 30.3 Å². The average molecular weight is 416 g/mol. The molecule has 0 aromatic heterocycles. The van der Waals surface area contributed by atoms with Gasteiger partial charge in [-0.15, -0.1) is 12.4 Å². The lowest BCUT2D eigenvalue weighted by Gasteiger charge is -2.34. The van der Waals surface area contributed by atoms with Gasteiger partial charge >= 0.3 is 0 Å². The van der Waals surface area contributed by atoms with E-state index >= 15 is 0 Å². The molecule has 2 aromatic carbocycles. The molecule has 0 aliphatic carbocycles. The van der Waals surface area contributed by atoms with Gasteiger partial charge in [0, 0.05) is 29.4 Å². The first-order valence-corrected chi connectivity index (χ1v) is 10.1. The lowest BCUT2D eigenvalue weighted by Crippen LogP contribution is -2.46. The molecule has 1 aliphatic heterocycles. The van der Waals surface area contributed by atoms with Crippen molar-refractivity contribution in [1.29, 1.82) is 0 Å². The van der Waals surface area contributed by atoms with E-state index in [0.29, 0.717) is 16.8 Å². The van der Waals surface area contributed by atoms with Crippen molar-refractivity contribution >= 4 is 29.9 Å². The summed E-state index contributed by atoms with van der Waals surface area (Å²) in [5, 5.41) is 6.31. The highest BCUT2D eigenvalue weighted by molar-refractivity contribution is 6.05. The molecule has 1 heterocycles. The molecule has 156 valence electrons. The van der Waals surface area contributed by atoms with E-state index in [0.717, 1.165) is 44.5 Å². The minimum Gasteiger partial charge on any atom is -0.336 e. The van der Waals surface area contributed by atoms with Crippen molar-refractivity contribution in [2.24, 2.45) is 0 Å². The van der Waals surface area contributed by atoms with Gasteiger partial charge in [-0.05, 0) is 69.1 Å². The standard InChI is InChI=1S/C23H29N3O2.ClH/c1-3-15-26(20-11-13-24-14-12-20)23(28)19-10-9-17(2)21(16-19)25-22(27)18-7-5-4-6-8-18;/h4-10,16,20,24H,3,11-15H2,1-2H3,(H,25,27);1H. The van der Waals surface area contributed by atoms with Crippen LogP contribution in [0.25, 0.3) is 0 Å². The van der Waals surface area contributed by atoms with Gasteiger partial charge in [-0.1, -0.05) is 31.2 Å². The largest absolute Gasteiger partial charge is 0.336 e. The Bertz CT molecular complexity index is 820. The van der Waals surface area contributed by atoms with Crippen LogP contribution in [0.4, 0.5) is 5.69 Å². The van der Waals surface area contributed by atoms with Crippen LogP contribution in [-0.2, 0) is 0 Å². The third-order valence-corrected chi connectivity index (χ3v) is 5.24. The van der Waals surface area contributed by atoms with Crippen molar-refractivity contribution in [3.05, 3.63) is 65.2 Å². The van der Waals surface area contributed by atoms with Crippen LogP contribution in [0, 0.1) is 6.92 Å². The van der Waals surface area contributed by atoms with E-state index in [4.69, 9.17) is 0 Å². The van der Waals surface area contributed by atoms with Crippen LogP contribution in [0.3, 0.4) is 0 Å². The first-order valence-electron chi connectivity index (χ1n) is 10.1. The van der Waals surface area contributed by atoms with Crippen LogP contribution >= 0.6 is 12.4 Å². The summed E-state index contributed by atoms with van der Waals surface area (Å²) in [5.74, 6) is -0.124. The summed E-state index contributed by atoms with van der Waals surface area (Å²) in [5.41, 5.74) is 2.84. The second-order valence-electron chi connectivity index (χ2n) is 7.33. The number of hydrogen-bond donors (Lipinski definition) is 2. The van der Waals surface area contributed by atoms with Gasteiger partial charge in [0.2, 0.25) is 0 Å². The number of nitrogens with one attached hydrogen (secondary N) is 2. The maximum atomic E-state index is 13.2. The number of benzene rings is 2. The number of carbonyl (C=O) groups is 2. The summed E-state index contributed by atoms with van der Waals surface area (Å²) < 4.78 is 0. The van der Waals surface area contributed by atoms with Crippen LogP contribution < -0.4 is 10.6 Å². The summed E-state index contributed by atoms with van der Waals surface area (Å²) in [7, 11) is 0. The number of amides is 2. The van der Waals surface area contributed by atoms with Gasteiger partial charge in [-0.3, -0.25) is 9.59 Å². The summed E-state index contributed by atoms with van der Waals surface area (Å²) >= 11 is 0. The van der Waals surface area contributed by atoms with Crippen LogP contribution in [-0.4, -0.2) is 42.4 Å². The van der Waals surface area contributed by atoms with Crippen molar-refractivity contribution < 1.29 is 9.59 Å². The van der Waals surface area contributed by atoms with Gasteiger partial charge in [-0.2, -0.15) is 0 Å². The second kappa shape index (κ2) is 11.0. The van der Waals surface area contributed by atoms with E-state index in [1.165, 1.54) is 0 Å². The summed E-state index contributed by atoms with van der Waals surface area (Å²) in [6.07, 6.45) is 2.89. The molecule has 2 N–H and O–H groups in total. The zero-order valence-electron chi connectivity index (χ0n) is 17.1. The normalized spacial score (nSPS) is 14.0. The molecule has 0 bridgehead atoms. The first kappa shape index (κ1) is 22.9. The monoisotopic (exact) mass is 415 g/mol. The van der Waals surface area contributed by atoms with Gasteiger partial charge in [0.1, 0.15) is 0 Å². The van der Waals surface area contributed by atoms with Crippen LogP contribution in [0.15, 0.2) is 48.5 Å². The van der Waals surface area contributed by atoms with E-state index < -0.39 is 0 Å². The lowest BCUT2D eigenvalue weighted by molar-refractivity contribution is 0.0642. The Morgan fingerprint density at radius 2 is 1.76 bits per heavy atom. The number of piperidine rings is 1. The van der Waals surface area contributed by atoms with Crippen molar-refractivity contribution in [3.63, 3.8) is 0 Å². The van der Waals surface area contributed by atoms with Gasteiger partial charge in [-0.25, -0.2) is 0 Å². The number of carbonyl (C=O) groups excluding carboxylic acids is 2. The second-order valence-corrected chi connectivity index (χ2v) is 7.33. The van der Waals surface area contributed by atoms with Crippen LogP contribution in [0.1, 0.15) is 52.5 Å². The SMILES string of the molecule is CCCN(C(=O)c1ccc(C)c(NC(=O)c2ccccc2)c1)C1CCNCC1.Cl. The number of rotatable bonds is 6. The molecular formula is C23H30ClN3O2. The van der Waals surface area contributed by atoms with Gasteiger partial charge in [0.25, 0.3) is 11.8 Å². The van der Waals surface area contributed by atoms with Crippen molar-refractivity contribution in [2.75, 3.05) is 25.0 Å². The molecular weight excluding hydrogens is 386 g/mol. The molecule has 3 rings (SSSR count). The molecule has 0 saturated carbocycles. The molecule has 1 saturated heterocycles. The predicted octanol–water partition coefficient (Wildman–Crippen LogP) is 4.27. The lowest BCUT2D eigenvalue weighted by atomic mass is 10.0. The third-order valence-electron chi connectivity index (χ3n) is 5.24. The Labute approximate surface area is 179 Å². The number of halogens is 1. The fraction of sp³-hybridized carbons (Fsp3) is 0.391. The topological polar surface area (TPSA) is 61.4 Å². The zero-order valence-corrected chi connectivity index (χ0v) is 17.9. The summed E-state index contributed by atoms with van der Waals surface area (Å²) in [4.78, 5) is 27.8. The smallest absolute Gasteiger partial charge is 0.255 e. The molecule has 0 spiro atoms. The Morgan fingerprint density at radius 1 is 1.07 bits per heavy atom. The molecule has 0 atom stereocenters. The number of aryl methyl sites for hydroxylation is 1. The highest BCUT2D eigenvalue weighted by Gasteiger charge is 2.26. The fourth-order valence-electron chi connectivity index (χ4n) is 3.65. The predicted molar refractivity (Wildman–Crippen MR) is 120 cm³/mol. The number of nitrogens with zero attached hydrogens (tertiary/aromatic N) is 1.